The summed E-state index contributed by atoms with van der Waals surface area (Å²) in [5, 5.41) is 3.53. The topological polar surface area (TPSA) is 61.4 Å². The molecule has 2 aromatic rings. The van der Waals surface area contributed by atoms with Crippen molar-refractivity contribution in [1.82, 2.24) is 14.9 Å². The second-order valence-corrected chi connectivity index (χ2v) is 6.51. The fourth-order valence-electron chi connectivity index (χ4n) is 2.85. The summed E-state index contributed by atoms with van der Waals surface area (Å²) in [4.78, 5) is 25.8. The molecule has 1 amide bonds. The van der Waals surface area contributed by atoms with E-state index in [1.165, 1.54) is 0 Å². The van der Waals surface area contributed by atoms with Crippen molar-refractivity contribution in [2.24, 2.45) is 0 Å². The lowest BCUT2D eigenvalue weighted by atomic mass is 10.2. The maximum atomic E-state index is 12.5. The van der Waals surface area contributed by atoms with Crippen molar-refractivity contribution in [2.75, 3.05) is 42.9 Å². The molecule has 25 heavy (non-hydrogen) atoms. The van der Waals surface area contributed by atoms with Crippen molar-refractivity contribution >= 4 is 29.1 Å². The predicted octanol–water partition coefficient (Wildman–Crippen LogP) is 2.83. The minimum absolute atomic E-state index is 0.249. The van der Waals surface area contributed by atoms with E-state index in [0.29, 0.717) is 16.7 Å². The van der Waals surface area contributed by atoms with E-state index in [-0.39, 0.29) is 5.91 Å². The number of carbonyl (C=O) groups is 1. The summed E-state index contributed by atoms with van der Waals surface area (Å²) >= 11 is 5.96. The first-order valence-corrected chi connectivity index (χ1v) is 8.82. The lowest BCUT2D eigenvalue weighted by Crippen LogP contribution is -2.46. The molecule has 132 valence electrons. The van der Waals surface area contributed by atoms with Gasteiger partial charge in [-0.1, -0.05) is 18.5 Å². The second-order valence-electron chi connectivity index (χ2n) is 6.08. The molecule has 0 spiro atoms. The van der Waals surface area contributed by atoms with Crippen LogP contribution in [0, 0.1) is 6.92 Å². The Balaban J connectivity index is 1.71. The molecular formula is C18H22ClN5O. The second kappa shape index (κ2) is 7.80. The average Bonchev–Trinajstić information content (AvgIpc) is 2.64. The van der Waals surface area contributed by atoms with E-state index in [1.807, 2.05) is 13.0 Å². The van der Waals surface area contributed by atoms with Gasteiger partial charge in [0, 0.05) is 43.1 Å². The maximum Gasteiger partial charge on any atom is 0.274 e. The van der Waals surface area contributed by atoms with E-state index in [0.717, 1.165) is 44.0 Å². The standard InChI is InChI=1S/C18H22ClN5O/c1-3-23-8-10-24(11-9-23)18-20-7-6-16(22-18)17(25)21-15-5-4-14(19)12-13(15)2/h4-7,12H,3,8-11H2,1-2H3,(H,21,25). The summed E-state index contributed by atoms with van der Waals surface area (Å²) < 4.78 is 0. The molecule has 0 atom stereocenters. The van der Waals surface area contributed by atoms with Crippen LogP contribution >= 0.6 is 11.6 Å². The van der Waals surface area contributed by atoms with Gasteiger partial charge in [0.25, 0.3) is 5.91 Å². The van der Waals surface area contributed by atoms with E-state index in [4.69, 9.17) is 11.6 Å². The zero-order valence-corrected chi connectivity index (χ0v) is 15.3. The Bertz CT molecular complexity index is 759. The van der Waals surface area contributed by atoms with Gasteiger partial charge >= 0.3 is 0 Å². The summed E-state index contributed by atoms with van der Waals surface area (Å²) in [5.74, 6) is 0.359. The quantitative estimate of drug-likeness (QED) is 0.909. The summed E-state index contributed by atoms with van der Waals surface area (Å²) in [7, 11) is 0. The van der Waals surface area contributed by atoms with Gasteiger partial charge in [0.15, 0.2) is 0 Å². The monoisotopic (exact) mass is 359 g/mol. The van der Waals surface area contributed by atoms with Crippen molar-refractivity contribution in [2.45, 2.75) is 13.8 Å². The minimum atomic E-state index is -0.249. The first-order valence-electron chi connectivity index (χ1n) is 8.44. The Morgan fingerprint density at radius 1 is 1.24 bits per heavy atom. The smallest absolute Gasteiger partial charge is 0.274 e. The predicted molar refractivity (Wildman–Crippen MR) is 101 cm³/mol. The van der Waals surface area contributed by atoms with Crippen LogP contribution in [0.4, 0.5) is 11.6 Å². The lowest BCUT2D eigenvalue weighted by molar-refractivity contribution is 0.102. The number of nitrogens with one attached hydrogen (secondary N) is 1. The fourth-order valence-corrected chi connectivity index (χ4v) is 3.07. The summed E-state index contributed by atoms with van der Waals surface area (Å²) in [6.45, 7) is 8.83. The molecule has 1 N–H and O–H groups in total. The molecule has 0 bridgehead atoms. The average molecular weight is 360 g/mol. The number of aromatic nitrogens is 2. The summed E-state index contributed by atoms with van der Waals surface area (Å²) in [6, 6.07) is 6.99. The van der Waals surface area contributed by atoms with Crippen LogP contribution in [-0.2, 0) is 0 Å². The van der Waals surface area contributed by atoms with Crippen LogP contribution in [0.1, 0.15) is 23.0 Å². The molecule has 3 rings (SSSR count). The van der Waals surface area contributed by atoms with Crippen molar-refractivity contribution in [3.63, 3.8) is 0 Å². The lowest BCUT2D eigenvalue weighted by Gasteiger charge is -2.34. The minimum Gasteiger partial charge on any atom is -0.338 e. The van der Waals surface area contributed by atoms with E-state index in [2.05, 4.69) is 32.0 Å². The summed E-state index contributed by atoms with van der Waals surface area (Å²) in [6.07, 6.45) is 1.64. The number of aryl methyl sites for hydroxylation is 1. The molecule has 6 nitrogen and oxygen atoms in total. The largest absolute Gasteiger partial charge is 0.338 e. The number of amides is 1. The molecule has 0 saturated carbocycles. The van der Waals surface area contributed by atoms with Gasteiger partial charge in [-0.25, -0.2) is 9.97 Å². The van der Waals surface area contributed by atoms with Crippen molar-refractivity contribution in [3.05, 3.63) is 46.7 Å². The molecule has 1 saturated heterocycles. The highest BCUT2D eigenvalue weighted by atomic mass is 35.5. The van der Waals surface area contributed by atoms with E-state index in [1.54, 1.807) is 24.4 Å². The zero-order valence-electron chi connectivity index (χ0n) is 14.5. The third-order valence-electron chi connectivity index (χ3n) is 4.41. The first-order chi connectivity index (χ1) is 12.1. The van der Waals surface area contributed by atoms with Gasteiger partial charge < -0.3 is 15.1 Å². The van der Waals surface area contributed by atoms with Crippen molar-refractivity contribution in [3.8, 4) is 0 Å². The maximum absolute atomic E-state index is 12.5. The van der Waals surface area contributed by atoms with Crippen LogP contribution in [-0.4, -0.2) is 53.5 Å². The van der Waals surface area contributed by atoms with Crippen LogP contribution in [0.15, 0.2) is 30.5 Å². The Labute approximate surface area is 152 Å². The molecule has 1 aliphatic heterocycles. The molecule has 0 radical (unpaired) electrons. The Hall–Kier alpha value is -2.18. The van der Waals surface area contributed by atoms with Crippen LogP contribution in [0.3, 0.4) is 0 Å². The number of nitrogens with zero attached hydrogens (tertiary/aromatic N) is 4. The highest BCUT2D eigenvalue weighted by molar-refractivity contribution is 6.30. The number of piperazine rings is 1. The molecule has 1 aromatic heterocycles. The van der Waals surface area contributed by atoms with Crippen LogP contribution < -0.4 is 10.2 Å². The van der Waals surface area contributed by atoms with Gasteiger partial charge in [-0.15, -0.1) is 0 Å². The molecule has 0 unspecified atom stereocenters. The van der Waals surface area contributed by atoms with Gasteiger partial charge in [-0.05, 0) is 43.3 Å². The van der Waals surface area contributed by atoms with Crippen LogP contribution in [0.25, 0.3) is 0 Å². The SMILES string of the molecule is CCN1CCN(c2nccc(C(=O)Nc3ccc(Cl)cc3C)n2)CC1. The fraction of sp³-hybridized carbons (Fsp3) is 0.389. The Morgan fingerprint density at radius 2 is 2.00 bits per heavy atom. The van der Waals surface area contributed by atoms with Crippen molar-refractivity contribution in [1.29, 1.82) is 0 Å². The van der Waals surface area contributed by atoms with E-state index >= 15 is 0 Å². The highest BCUT2D eigenvalue weighted by Gasteiger charge is 2.19. The third kappa shape index (κ3) is 4.27. The summed E-state index contributed by atoms with van der Waals surface area (Å²) in [5.41, 5.74) is 1.99. The number of anilines is 2. The van der Waals surface area contributed by atoms with Gasteiger partial charge in [0.1, 0.15) is 5.69 Å². The normalized spacial score (nSPS) is 15.2. The van der Waals surface area contributed by atoms with Gasteiger partial charge in [-0.3, -0.25) is 4.79 Å². The number of halogens is 1. The highest BCUT2D eigenvalue weighted by Crippen LogP contribution is 2.20. The number of hydrogen-bond acceptors (Lipinski definition) is 5. The molecule has 1 aromatic carbocycles. The van der Waals surface area contributed by atoms with Gasteiger partial charge in [-0.2, -0.15) is 0 Å². The number of likely N-dealkylation sites (N-methyl/N-ethyl adjacent to an activating group) is 1. The van der Waals surface area contributed by atoms with Gasteiger partial charge in [0.05, 0.1) is 0 Å². The first kappa shape index (κ1) is 17.6. The van der Waals surface area contributed by atoms with Gasteiger partial charge in [0.2, 0.25) is 5.95 Å². The van der Waals surface area contributed by atoms with E-state index < -0.39 is 0 Å². The molecule has 1 aliphatic rings. The Kier molecular flexibility index (Phi) is 5.50. The number of benzene rings is 1. The Morgan fingerprint density at radius 3 is 2.68 bits per heavy atom. The molecular weight excluding hydrogens is 338 g/mol. The molecule has 7 heteroatoms. The van der Waals surface area contributed by atoms with Crippen molar-refractivity contribution < 1.29 is 4.79 Å². The van der Waals surface area contributed by atoms with E-state index in [9.17, 15) is 4.79 Å². The molecule has 0 aliphatic carbocycles. The number of rotatable bonds is 4. The van der Waals surface area contributed by atoms with Crippen LogP contribution in [0.2, 0.25) is 5.02 Å². The zero-order chi connectivity index (χ0) is 17.8. The third-order valence-corrected chi connectivity index (χ3v) is 4.65. The number of carbonyl (C=O) groups excluding carboxylic acids is 1. The molecule has 2 heterocycles. The van der Waals surface area contributed by atoms with Crippen LogP contribution in [0.5, 0.6) is 0 Å². The number of hydrogen-bond donors (Lipinski definition) is 1. The molecule has 1 fully saturated rings.